The normalized spacial score (nSPS) is 11.4. The number of thiazole rings is 1. The summed E-state index contributed by atoms with van der Waals surface area (Å²) in [5.74, 6) is -0.680. The lowest BCUT2D eigenvalue weighted by Gasteiger charge is -2.36. The van der Waals surface area contributed by atoms with Crippen molar-refractivity contribution in [2.45, 2.75) is 5.54 Å². The molecule has 0 saturated carbocycles. The fourth-order valence-electron chi connectivity index (χ4n) is 3.48. The summed E-state index contributed by atoms with van der Waals surface area (Å²) in [4.78, 5) is 16.0. The number of carbonyl (C=O) groups excluding carboxylic acids is 1. The quantitative estimate of drug-likeness (QED) is 0.143. The van der Waals surface area contributed by atoms with Gasteiger partial charge < -0.3 is 15.3 Å². The molecule has 0 spiro atoms. The van der Waals surface area contributed by atoms with E-state index in [9.17, 15) is 4.79 Å². The van der Waals surface area contributed by atoms with Crippen molar-refractivity contribution in [1.82, 2.24) is 4.98 Å². The van der Waals surface area contributed by atoms with Crippen molar-refractivity contribution in [2.75, 3.05) is 5.32 Å². The first-order valence-electron chi connectivity index (χ1n) is 9.52. The Morgan fingerprint density at radius 1 is 0.903 bits per heavy atom. The first-order chi connectivity index (χ1) is 15.2. The van der Waals surface area contributed by atoms with Crippen LogP contribution in [0.3, 0.4) is 0 Å². The summed E-state index contributed by atoms with van der Waals surface area (Å²) < 4.78 is 5.08. The molecule has 2 N–H and O–H groups in total. The molecule has 6 nitrogen and oxygen atoms in total. The van der Waals surface area contributed by atoms with Gasteiger partial charge in [-0.05, 0) is 16.7 Å². The molecule has 4 rings (SSSR count). The summed E-state index contributed by atoms with van der Waals surface area (Å²) in [6.45, 7) is 0. The Kier molecular flexibility index (Phi) is 6.05. The van der Waals surface area contributed by atoms with E-state index in [0.29, 0.717) is 11.3 Å². The van der Waals surface area contributed by atoms with Crippen molar-refractivity contribution in [3.8, 4) is 5.88 Å². The summed E-state index contributed by atoms with van der Waals surface area (Å²) >= 11 is 1.31. The number of rotatable bonds is 7. The van der Waals surface area contributed by atoms with Crippen LogP contribution in [0.15, 0.2) is 102 Å². The number of hydrogen-bond acceptors (Lipinski definition) is 7. The lowest BCUT2D eigenvalue weighted by Crippen LogP contribution is -2.38. The summed E-state index contributed by atoms with van der Waals surface area (Å²) in [7, 11) is 0. The minimum Gasteiger partial charge on any atom is -0.411 e. The molecule has 0 atom stereocenters. The van der Waals surface area contributed by atoms with E-state index in [1.807, 2.05) is 54.6 Å². The van der Waals surface area contributed by atoms with E-state index in [2.05, 4.69) is 51.9 Å². The zero-order chi connectivity index (χ0) is 21.5. The first-order valence-corrected chi connectivity index (χ1v) is 10.4. The molecular weight excluding hydrogens is 410 g/mol. The number of nitrogens with zero attached hydrogens (tertiary/aromatic N) is 2. The third-order valence-corrected chi connectivity index (χ3v) is 5.50. The Morgan fingerprint density at radius 3 is 1.84 bits per heavy atom. The summed E-state index contributed by atoms with van der Waals surface area (Å²) in [6, 6.07) is 30.4. The highest BCUT2D eigenvalue weighted by Gasteiger charge is 2.37. The Balaban J connectivity index is 1.83. The highest BCUT2D eigenvalue weighted by atomic mass is 32.1. The van der Waals surface area contributed by atoms with Crippen molar-refractivity contribution in [3.63, 3.8) is 0 Å². The highest BCUT2D eigenvalue weighted by molar-refractivity contribution is 7.13. The fourth-order valence-corrected chi connectivity index (χ4v) is 4.15. The molecule has 0 aliphatic rings. The maximum Gasteiger partial charge on any atom is 0.359 e. The van der Waals surface area contributed by atoms with Crippen molar-refractivity contribution >= 4 is 28.7 Å². The second kappa shape index (κ2) is 9.23. The number of ether oxygens (including phenoxy) is 1. The second-order valence-corrected chi connectivity index (χ2v) is 7.49. The number of oxime groups is 1. The van der Waals surface area contributed by atoms with Crippen LogP contribution in [0.5, 0.6) is 5.88 Å². The lowest BCUT2D eigenvalue weighted by molar-refractivity contribution is -0.126. The molecule has 0 saturated heterocycles. The topological polar surface area (TPSA) is 83.8 Å². The van der Waals surface area contributed by atoms with Crippen LogP contribution >= 0.6 is 11.3 Å². The average molecular weight is 430 g/mol. The van der Waals surface area contributed by atoms with Crippen LogP contribution in [-0.4, -0.2) is 22.4 Å². The van der Waals surface area contributed by atoms with E-state index in [4.69, 9.17) is 9.94 Å². The Bertz CT molecular complexity index is 1070. The second-order valence-electron chi connectivity index (χ2n) is 6.63. The summed E-state index contributed by atoms with van der Waals surface area (Å²) in [5.41, 5.74) is 2.38. The van der Waals surface area contributed by atoms with Crippen LogP contribution in [-0.2, 0) is 10.3 Å². The Morgan fingerprint density at radius 2 is 1.39 bits per heavy atom. The van der Waals surface area contributed by atoms with Gasteiger partial charge in [-0.2, -0.15) is 4.98 Å². The SMILES string of the molecule is O=C(C=NO)Oc1csc(NC(c2ccccc2)(c2ccccc2)c2ccccc2)n1. The number of carbonyl (C=O) groups is 1. The lowest BCUT2D eigenvalue weighted by atomic mass is 9.77. The van der Waals surface area contributed by atoms with Gasteiger partial charge in [0.2, 0.25) is 5.88 Å². The van der Waals surface area contributed by atoms with E-state index >= 15 is 0 Å². The van der Waals surface area contributed by atoms with E-state index in [1.165, 1.54) is 11.3 Å². The van der Waals surface area contributed by atoms with Crippen LogP contribution in [0.1, 0.15) is 16.7 Å². The molecule has 3 aromatic carbocycles. The van der Waals surface area contributed by atoms with Gasteiger partial charge in [0.15, 0.2) is 11.3 Å². The smallest absolute Gasteiger partial charge is 0.359 e. The number of benzene rings is 3. The molecule has 0 aliphatic carbocycles. The zero-order valence-electron chi connectivity index (χ0n) is 16.4. The van der Waals surface area contributed by atoms with Crippen LogP contribution in [0, 0.1) is 0 Å². The molecule has 0 fully saturated rings. The van der Waals surface area contributed by atoms with Gasteiger partial charge in [0.05, 0.1) is 5.38 Å². The number of hydrogen-bond donors (Lipinski definition) is 2. The molecule has 7 heteroatoms. The monoisotopic (exact) mass is 429 g/mol. The van der Waals surface area contributed by atoms with E-state index in [1.54, 1.807) is 5.38 Å². The molecule has 0 bridgehead atoms. The number of esters is 1. The predicted molar refractivity (Wildman–Crippen MR) is 121 cm³/mol. The van der Waals surface area contributed by atoms with Crippen molar-refractivity contribution < 1.29 is 14.7 Å². The summed E-state index contributed by atoms with van der Waals surface area (Å²) in [5, 5.41) is 17.0. The standard InChI is InChI=1S/C24H19N3O3S/c28-22(16-25-29)30-21-17-31-23(26-21)27-24(18-10-4-1-5-11-18,19-12-6-2-7-13-19)20-14-8-3-9-15-20/h1-17,29H,(H,26,27). The molecule has 0 unspecified atom stereocenters. The van der Waals surface area contributed by atoms with Crippen molar-refractivity contribution in [2.24, 2.45) is 5.16 Å². The fraction of sp³-hybridized carbons (Fsp3) is 0.0417. The minimum atomic E-state index is -0.806. The molecule has 0 aliphatic heterocycles. The van der Waals surface area contributed by atoms with Gasteiger partial charge in [-0.1, -0.05) is 96.2 Å². The Hall–Kier alpha value is -3.97. The number of nitrogens with one attached hydrogen (secondary N) is 1. The highest BCUT2D eigenvalue weighted by Crippen LogP contribution is 2.41. The van der Waals surface area contributed by atoms with E-state index in [-0.39, 0.29) is 5.88 Å². The largest absolute Gasteiger partial charge is 0.411 e. The van der Waals surface area contributed by atoms with Gasteiger partial charge in [0.25, 0.3) is 0 Å². The van der Waals surface area contributed by atoms with Gasteiger partial charge in [-0.15, -0.1) is 11.3 Å². The maximum atomic E-state index is 11.6. The van der Waals surface area contributed by atoms with Gasteiger partial charge in [-0.25, -0.2) is 4.79 Å². The third-order valence-electron chi connectivity index (χ3n) is 4.77. The first kappa shape index (κ1) is 20.3. The minimum absolute atomic E-state index is 0.125. The molecule has 1 heterocycles. The van der Waals surface area contributed by atoms with Crippen LogP contribution in [0.2, 0.25) is 0 Å². The summed E-state index contributed by atoms with van der Waals surface area (Å²) in [6.07, 6.45) is 0.675. The molecule has 1 aromatic heterocycles. The third kappa shape index (κ3) is 4.31. The molecule has 4 aromatic rings. The van der Waals surface area contributed by atoms with Gasteiger partial charge >= 0.3 is 5.97 Å². The van der Waals surface area contributed by atoms with Crippen molar-refractivity contribution in [3.05, 3.63) is 113 Å². The van der Waals surface area contributed by atoms with Crippen LogP contribution in [0.4, 0.5) is 5.13 Å². The molecule has 0 radical (unpaired) electrons. The molecular formula is C24H19N3O3S. The van der Waals surface area contributed by atoms with Gasteiger partial charge in [-0.3, -0.25) is 0 Å². The zero-order valence-corrected chi connectivity index (χ0v) is 17.2. The molecule has 154 valence electrons. The number of anilines is 1. The van der Waals surface area contributed by atoms with Crippen LogP contribution < -0.4 is 10.1 Å². The Labute approximate surface area is 183 Å². The van der Waals surface area contributed by atoms with E-state index < -0.39 is 11.5 Å². The molecule has 0 amide bonds. The van der Waals surface area contributed by atoms with Crippen molar-refractivity contribution in [1.29, 1.82) is 0 Å². The van der Waals surface area contributed by atoms with Gasteiger partial charge in [0.1, 0.15) is 5.54 Å². The van der Waals surface area contributed by atoms with E-state index in [0.717, 1.165) is 16.7 Å². The number of aromatic nitrogens is 1. The molecule has 31 heavy (non-hydrogen) atoms. The average Bonchev–Trinajstić information content (AvgIpc) is 3.26. The van der Waals surface area contributed by atoms with Crippen LogP contribution in [0.25, 0.3) is 0 Å². The van der Waals surface area contributed by atoms with Gasteiger partial charge in [0, 0.05) is 0 Å². The predicted octanol–water partition coefficient (Wildman–Crippen LogP) is 4.91. The maximum absolute atomic E-state index is 11.6.